The molecule has 1 atom stereocenters. The van der Waals surface area contributed by atoms with Crippen molar-refractivity contribution in [2.75, 3.05) is 7.11 Å². The highest BCUT2D eigenvalue weighted by Gasteiger charge is 2.30. The van der Waals surface area contributed by atoms with E-state index in [2.05, 4.69) is 19.2 Å². The van der Waals surface area contributed by atoms with Gasteiger partial charge < -0.3 is 10.1 Å². The first-order valence-corrected chi connectivity index (χ1v) is 9.59. The zero-order valence-corrected chi connectivity index (χ0v) is 14.8. The first kappa shape index (κ1) is 19.0. The quantitative estimate of drug-likeness (QED) is 0.430. The Balaban J connectivity index is 2.15. The summed E-state index contributed by atoms with van der Waals surface area (Å²) in [5.41, 5.74) is 0. The fourth-order valence-electron chi connectivity index (χ4n) is 3.35. The third-order valence-electron chi connectivity index (χ3n) is 4.96. The van der Waals surface area contributed by atoms with Crippen LogP contribution in [0.15, 0.2) is 0 Å². The monoisotopic (exact) mass is 297 g/mol. The van der Waals surface area contributed by atoms with E-state index in [-0.39, 0.29) is 0 Å². The molecule has 1 rings (SSSR count). The Morgan fingerprint density at radius 2 is 1.38 bits per heavy atom. The van der Waals surface area contributed by atoms with Gasteiger partial charge in [-0.2, -0.15) is 0 Å². The molecule has 0 spiro atoms. The number of rotatable bonds is 14. The molecule has 1 aliphatic rings. The van der Waals surface area contributed by atoms with Gasteiger partial charge in [0.1, 0.15) is 0 Å². The maximum absolute atomic E-state index is 5.40. The van der Waals surface area contributed by atoms with Gasteiger partial charge in [-0.05, 0) is 25.7 Å². The van der Waals surface area contributed by atoms with Crippen LogP contribution in [0, 0.1) is 0 Å². The van der Waals surface area contributed by atoms with Crippen molar-refractivity contribution < 1.29 is 4.74 Å². The van der Waals surface area contributed by atoms with E-state index in [1.54, 1.807) is 0 Å². The number of methoxy groups -OCH3 is 1. The zero-order valence-electron chi connectivity index (χ0n) is 14.8. The average Bonchev–Trinajstić information content (AvgIpc) is 2.45. The lowest BCUT2D eigenvalue weighted by Gasteiger charge is -2.37. The lowest BCUT2D eigenvalue weighted by molar-refractivity contribution is 0.0134. The lowest BCUT2D eigenvalue weighted by atomic mass is 9.87. The molecule has 0 aliphatic heterocycles. The molecule has 21 heavy (non-hydrogen) atoms. The molecule has 0 bridgehead atoms. The fraction of sp³-hybridized carbons (Fsp3) is 1.00. The summed E-state index contributed by atoms with van der Waals surface area (Å²) in [6.45, 7) is 4.59. The van der Waals surface area contributed by atoms with Gasteiger partial charge in [0.15, 0.2) is 0 Å². The SMILES string of the molecule is CCCCCCCC(CCCCCC)N[C@H]1C[C@H](OC)C1. The largest absolute Gasteiger partial charge is 0.381 e. The number of hydrogen-bond donors (Lipinski definition) is 1. The molecular weight excluding hydrogens is 258 g/mol. The van der Waals surface area contributed by atoms with Crippen LogP contribution in [-0.2, 0) is 4.74 Å². The third kappa shape index (κ3) is 8.83. The predicted octanol–water partition coefficient (Wildman–Crippen LogP) is 5.45. The van der Waals surface area contributed by atoms with Gasteiger partial charge in [-0.25, -0.2) is 0 Å². The van der Waals surface area contributed by atoms with Crippen LogP contribution in [0.3, 0.4) is 0 Å². The average molecular weight is 298 g/mol. The van der Waals surface area contributed by atoms with E-state index in [1.807, 2.05) is 7.11 Å². The Hall–Kier alpha value is -0.0800. The summed E-state index contributed by atoms with van der Waals surface area (Å²) >= 11 is 0. The molecule has 1 N–H and O–H groups in total. The predicted molar refractivity (Wildman–Crippen MR) is 92.9 cm³/mol. The summed E-state index contributed by atoms with van der Waals surface area (Å²) in [5, 5.41) is 3.91. The van der Waals surface area contributed by atoms with Crippen molar-refractivity contribution >= 4 is 0 Å². The highest BCUT2D eigenvalue weighted by Crippen LogP contribution is 2.24. The van der Waals surface area contributed by atoms with Crippen LogP contribution in [0.5, 0.6) is 0 Å². The number of hydrogen-bond acceptors (Lipinski definition) is 2. The Morgan fingerprint density at radius 3 is 1.90 bits per heavy atom. The van der Waals surface area contributed by atoms with Gasteiger partial charge in [-0.15, -0.1) is 0 Å². The second-order valence-electron chi connectivity index (χ2n) is 6.94. The van der Waals surface area contributed by atoms with Gasteiger partial charge in [-0.1, -0.05) is 71.6 Å². The van der Waals surface area contributed by atoms with Crippen molar-refractivity contribution in [3.8, 4) is 0 Å². The van der Waals surface area contributed by atoms with E-state index in [9.17, 15) is 0 Å². The summed E-state index contributed by atoms with van der Waals surface area (Å²) in [6.07, 6.45) is 18.3. The van der Waals surface area contributed by atoms with Crippen LogP contribution in [0.1, 0.15) is 97.3 Å². The van der Waals surface area contributed by atoms with Gasteiger partial charge >= 0.3 is 0 Å². The van der Waals surface area contributed by atoms with E-state index in [4.69, 9.17) is 4.74 Å². The van der Waals surface area contributed by atoms with Crippen molar-refractivity contribution in [1.29, 1.82) is 0 Å². The van der Waals surface area contributed by atoms with Crippen LogP contribution in [-0.4, -0.2) is 25.3 Å². The van der Waals surface area contributed by atoms with Gasteiger partial charge in [0.05, 0.1) is 6.10 Å². The molecule has 0 radical (unpaired) electrons. The number of unbranched alkanes of at least 4 members (excludes halogenated alkanes) is 7. The molecule has 2 heteroatoms. The van der Waals surface area contributed by atoms with Gasteiger partial charge in [0, 0.05) is 19.2 Å². The van der Waals surface area contributed by atoms with Crippen molar-refractivity contribution in [3.63, 3.8) is 0 Å². The van der Waals surface area contributed by atoms with Crippen molar-refractivity contribution in [3.05, 3.63) is 0 Å². The molecule has 0 aromatic carbocycles. The highest BCUT2D eigenvalue weighted by molar-refractivity contribution is 4.88. The summed E-state index contributed by atoms with van der Waals surface area (Å²) in [7, 11) is 1.84. The number of ether oxygens (including phenoxy) is 1. The zero-order chi connectivity index (χ0) is 15.3. The molecular formula is C19H39NO. The van der Waals surface area contributed by atoms with Crippen LogP contribution < -0.4 is 5.32 Å². The summed E-state index contributed by atoms with van der Waals surface area (Å²) in [5.74, 6) is 0. The van der Waals surface area contributed by atoms with E-state index in [0.717, 1.165) is 12.1 Å². The standard InChI is InChI=1S/C19H39NO/c1-4-6-8-10-12-14-17(13-11-9-7-5-2)20-18-15-19(16-18)21-3/h17-20H,4-16H2,1-3H3/t17?,18-,19-. The first-order chi connectivity index (χ1) is 10.3. The van der Waals surface area contributed by atoms with Crippen LogP contribution in [0.2, 0.25) is 0 Å². The van der Waals surface area contributed by atoms with E-state index < -0.39 is 0 Å². The molecule has 1 saturated carbocycles. The topological polar surface area (TPSA) is 21.3 Å². The molecule has 126 valence electrons. The van der Waals surface area contributed by atoms with Gasteiger partial charge in [0.25, 0.3) is 0 Å². The maximum Gasteiger partial charge on any atom is 0.0601 e. The molecule has 1 unspecified atom stereocenters. The normalized spacial score (nSPS) is 23.0. The highest BCUT2D eigenvalue weighted by atomic mass is 16.5. The van der Waals surface area contributed by atoms with Crippen molar-refractivity contribution in [1.82, 2.24) is 5.32 Å². The molecule has 0 saturated heterocycles. The number of nitrogens with one attached hydrogen (secondary N) is 1. The van der Waals surface area contributed by atoms with Crippen LogP contribution >= 0.6 is 0 Å². The maximum atomic E-state index is 5.40. The first-order valence-electron chi connectivity index (χ1n) is 9.59. The van der Waals surface area contributed by atoms with Crippen molar-refractivity contribution in [2.24, 2.45) is 0 Å². The minimum atomic E-state index is 0.521. The third-order valence-corrected chi connectivity index (χ3v) is 4.96. The minimum absolute atomic E-state index is 0.521. The summed E-state index contributed by atoms with van der Waals surface area (Å²) in [4.78, 5) is 0. The smallest absolute Gasteiger partial charge is 0.0601 e. The molecule has 1 fully saturated rings. The fourth-order valence-corrected chi connectivity index (χ4v) is 3.35. The van der Waals surface area contributed by atoms with Gasteiger partial charge in [-0.3, -0.25) is 0 Å². The summed E-state index contributed by atoms with van der Waals surface area (Å²) in [6, 6.07) is 1.48. The van der Waals surface area contributed by atoms with Crippen molar-refractivity contribution in [2.45, 2.75) is 116 Å². The van der Waals surface area contributed by atoms with Crippen LogP contribution in [0.4, 0.5) is 0 Å². The van der Waals surface area contributed by atoms with E-state index in [1.165, 1.54) is 83.5 Å². The second-order valence-corrected chi connectivity index (χ2v) is 6.94. The van der Waals surface area contributed by atoms with Crippen LogP contribution in [0.25, 0.3) is 0 Å². The Morgan fingerprint density at radius 1 is 0.857 bits per heavy atom. The molecule has 2 nitrogen and oxygen atoms in total. The molecule has 0 amide bonds. The second kappa shape index (κ2) is 12.5. The Labute approximate surface area is 133 Å². The molecule has 0 aromatic heterocycles. The van der Waals surface area contributed by atoms with Gasteiger partial charge in [0.2, 0.25) is 0 Å². The van der Waals surface area contributed by atoms with E-state index >= 15 is 0 Å². The Bertz CT molecular complexity index is 226. The van der Waals surface area contributed by atoms with E-state index in [0.29, 0.717) is 6.10 Å². The lowest BCUT2D eigenvalue weighted by Crippen LogP contribution is -2.49. The summed E-state index contributed by atoms with van der Waals surface area (Å²) < 4.78 is 5.40. The molecule has 1 aliphatic carbocycles. The minimum Gasteiger partial charge on any atom is -0.381 e. The Kier molecular flexibility index (Phi) is 11.3. The molecule has 0 aromatic rings. The molecule has 0 heterocycles.